The summed E-state index contributed by atoms with van der Waals surface area (Å²) >= 11 is 1.52. The van der Waals surface area contributed by atoms with Gasteiger partial charge in [0.05, 0.1) is 17.5 Å². The first-order valence-electron chi connectivity index (χ1n) is 11.1. The monoisotopic (exact) mass is 471 g/mol. The van der Waals surface area contributed by atoms with Crippen molar-refractivity contribution in [2.45, 2.75) is 4.90 Å². The van der Waals surface area contributed by atoms with E-state index in [-0.39, 0.29) is 5.91 Å². The molecule has 1 aliphatic rings. The number of para-hydroxylation sites is 1. The van der Waals surface area contributed by atoms with E-state index < -0.39 is 0 Å². The van der Waals surface area contributed by atoms with Gasteiger partial charge in [0.2, 0.25) is 0 Å². The molecule has 2 aromatic carbocycles. The number of benzene rings is 2. The van der Waals surface area contributed by atoms with E-state index in [2.05, 4.69) is 31.7 Å². The molecule has 2 aromatic heterocycles. The molecule has 4 aromatic rings. The first kappa shape index (κ1) is 22.0. The van der Waals surface area contributed by atoms with Gasteiger partial charge < -0.3 is 19.3 Å². The molecule has 0 spiro atoms. The summed E-state index contributed by atoms with van der Waals surface area (Å²) in [6.45, 7) is 2.72. The minimum Gasteiger partial charge on any atom is -0.493 e. The van der Waals surface area contributed by atoms with Crippen LogP contribution in [0.15, 0.2) is 84.0 Å². The smallest absolute Gasteiger partial charge is 0.253 e. The van der Waals surface area contributed by atoms with Gasteiger partial charge >= 0.3 is 0 Å². The van der Waals surface area contributed by atoms with Crippen molar-refractivity contribution in [1.29, 1.82) is 0 Å². The first-order valence-corrected chi connectivity index (χ1v) is 11.9. The largest absolute Gasteiger partial charge is 0.493 e. The lowest BCUT2D eigenvalue weighted by atomic mass is 10.1. The number of ether oxygens (including phenoxy) is 1. The predicted molar refractivity (Wildman–Crippen MR) is 137 cm³/mol. The van der Waals surface area contributed by atoms with Gasteiger partial charge in [-0.2, -0.15) is 0 Å². The molecule has 1 N–H and O–H groups in total. The number of hydrogen-bond donors (Lipinski definition) is 1. The minimum atomic E-state index is 0.0464. The van der Waals surface area contributed by atoms with Crippen molar-refractivity contribution in [1.82, 2.24) is 14.9 Å². The van der Waals surface area contributed by atoms with Crippen LogP contribution in [0.1, 0.15) is 10.4 Å². The van der Waals surface area contributed by atoms with Crippen LogP contribution in [-0.4, -0.2) is 54.1 Å². The van der Waals surface area contributed by atoms with Crippen molar-refractivity contribution in [3.63, 3.8) is 0 Å². The maximum absolute atomic E-state index is 13.0. The fourth-order valence-corrected chi connectivity index (χ4v) is 4.81. The third kappa shape index (κ3) is 4.63. The quantitative estimate of drug-likeness (QED) is 0.408. The molecular formula is C26H25N5O2S. The summed E-state index contributed by atoms with van der Waals surface area (Å²) in [5.41, 5.74) is 2.59. The molecule has 0 aliphatic carbocycles. The van der Waals surface area contributed by atoms with Crippen LogP contribution in [0, 0.1) is 0 Å². The Morgan fingerprint density at radius 2 is 1.65 bits per heavy atom. The van der Waals surface area contributed by atoms with Crippen molar-refractivity contribution >= 4 is 40.3 Å². The Hall–Kier alpha value is -3.78. The Labute approximate surface area is 202 Å². The van der Waals surface area contributed by atoms with E-state index >= 15 is 0 Å². The molecular weight excluding hydrogens is 446 g/mol. The second kappa shape index (κ2) is 10.0. The predicted octanol–water partition coefficient (Wildman–Crippen LogP) is 4.72. The standard InChI is InChI=1S/C26H25N5O2S/c1-33-22-7-4-14-28-25(22)30-15-17-31(18-16-30)26(32)20-9-11-21(12-10-20)29-34-23-8-2-5-19-6-3-13-27-24(19)23/h2-14,29H,15-18H2,1H3. The minimum absolute atomic E-state index is 0.0464. The van der Waals surface area contributed by atoms with Crippen LogP contribution < -0.4 is 14.4 Å². The van der Waals surface area contributed by atoms with Crippen LogP contribution in [-0.2, 0) is 0 Å². The van der Waals surface area contributed by atoms with Crippen molar-refractivity contribution < 1.29 is 9.53 Å². The highest BCUT2D eigenvalue weighted by molar-refractivity contribution is 8.00. The topological polar surface area (TPSA) is 70.6 Å². The van der Waals surface area contributed by atoms with E-state index in [0.29, 0.717) is 31.7 Å². The van der Waals surface area contributed by atoms with E-state index in [1.54, 1.807) is 19.5 Å². The summed E-state index contributed by atoms with van der Waals surface area (Å²) in [6.07, 6.45) is 3.57. The van der Waals surface area contributed by atoms with Gasteiger partial charge in [-0.15, -0.1) is 0 Å². The number of pyridine rings is 2. The summed E-state index contributed by atoms with van der Waals surface area (Å²) in [5, 5.41) is 1.11. The van der Waals surface area contributed by atoms with Crippen molar-refractivity contribution in [3.05, 3.63) is 84.7 Å². The summed E-state index contributed by atoms with van der Waals surface area (Å²) < 4.78 is 8.79. The van der Waals surface area contributed by atoms with Crippen LogP contribution in [0.2, 0.25) is 0 Å². The highest BCUT2D eigenvalue weighted by Crippen LogP contribution is 2.28. The lowest BCUT2D eigenvalue weighted by molar-refractivity contribution is 0.0746. The third-order valence-corrected chi connectivity index (χ3v) is 6.73. The molecule has 0 saturated carbocycles. The number of carbonyl (C=O) groups excluding carboxylic acids is 1. The number of carbonyl (C=O) groups is 1. The molecule has 1 aliphatic heterocycles. The average Bonchev–Trinajstić information content (AvgIpc) is 2.92. The van der Waals surface area contributed by atoms with Crippen LogP contribution in [0.25, 0.3) is 10.9 Å². The summed E-state index contributed by atoms with van der Waals surface area (Å²) in [7, 11) is 1.65. The molecule has 172 valence electrons. The SMILES string of the molecule is COc1cccnc1N1CCN(C(=O)c2ccc(NSc3cccc4cccnc34)cc2)CC1. The molecule has 0 bridgehead atoms. The summed E-state index contributed by atoms with van der Waals surface area (Å²) in [5.74, 6) is 1.62. The van der Waals surface area contributed by atoms with Crippen LogP contribution >= 0.6 is 11.9 Å². The number of nitrogens with one attached hydrogen (secondary N) is 1. The zero-order chi connectivity index (χ0) is 23.3. The Kier molecular flexibility index (Phi) is 6.49. The zero-order valence-corrected chi connectivity index (χ0v) is 19.7. The van der Waals surface area contributed by atoms with Gasteiger partial charge in [-0.3, -0.25) is 9.78 Å². The number of piperazine rings is 1. The highest BCUT2D eigenvalue weighted by atomic mass is 32.2. The Bertz CT molecular complexity index is 1280. The summed E-state index contributed by atoms with van der Waals surface area (Å²) in [4.78, 5) is 27.1. The molecule has 8 heteroatoms. The van der Waals surface area contributed by atoms with Gasteiger partial charge in [-0.1, -0.05) is 18.2 Å². The second-order valence-corrected chi connectivity index (χ2v) is 8.77. The lowest BCUT2D eigenvalue weighted by Crippen LogP contribution is -2.49. The number of nitrogens with zero attached hydrogens (tertiary/aromatic N) is 4. The molecule has 34 heavy (non-hydrogen) atoms. The van der Waals surface area contributed by atoms with Crippen molar-refractivity contribution in [2.24, 2.45) is 0 Å². The molecule has 0 unspecified atom stereocenters. The number of hydrogen-bond acceptors (Lipinski definition) is 7. The second-order valence-electron chi connectivity index (χ2n) is 7.92. The number of aromatic nitrogens is 2. The number of amides is 1. The molecule has 0 radical (unpaired) electrons. The van der Waals surface area contributed by atoms with Gasteiger partial charge in [-0.05, 0) is 60.5 Å². The van der Waals surface area contributed by atoms with E-state index in [9.17, 15) is 4.79 Å². The Balaban J connectivity index is 1.19. The van der Waals surface area contributed by atoms with E-state index in [1.165, 1.54) is 11.9 Å². The molecule has 1 amide bonds. The third-order valence-electron chi connectivity index (χ3n) is 5.84. The molecule has 0 atom stereocenters. The van der Waals surface area contributed by atoms with Crippen molar-refractivity contribution in [3.8, 4) is 5.75 Å². The van der Waals surface area contributed by atoms with E-state index in [4.69, 9.17) is 4.74 Å². The maximum atomic E-state index is 13.0. The number of methoxy groups -OCH3 is 1. The zero-order valence-electron chi connectivity index (χ0n) is 18.8. The fourth-order valence-electron chi connectivity index (χ4n) is 4.04. The van der Waals surface area contributed by atoms with Gasteiger partial charge in [0, 0.05) is 55.2 Å². The van der Waals surface area contributed by atoms with Gasteiger partial charge in [0.25, 0.3) is 5.91 Å². The van der Waals surface area contributed by atoms with Crippen molar-refractivity contribution in [2.75, 3.05) is 42.9 Å². The van der Waals surface area contributed by atoms with Crippen LogP contribution in [0.4, 0.5) is 11.5 Å². The molecule has 5 rings (SSSR count). The molecule has 1 fully saturated rings. The number of rotatable bonds is 6. The van der Waals surface area contributed by atoms with Gasteiger partial charge in [-0.25, -0.2) is 4.98 Å². The summed E-state index contributed by atoms with van der Waals surface area (Å²) in [6, 6.07) is 21.5. The fraction of sp³-hybridized carbons (Fsp3) is 0.192. The maximum Gasteiger partial charge on any atom is 0.253 e. The molecule has 7 nitrogen and oxygen atoms in total. The number of fused-ring (bicyclic) bond motifs is 1. The molecule has 3 heterocycles. The van der Waals surface area contributed by atoms with Crippen LogP contribution in [0.5, 0.6) is 5.75 Å². The Morgan fingerprint density at radius 1 is 0.912 bits per heavy atom. The highest BCUT2D eigenvalue weighted by Gasteiger charge is 2.24. The van der Waals surface area contributed by atoms with E-state index in [1.807, 2.05) is 59.5 Å². The lowest BCUT2D eigenvalue weighted by Gasteiger charge is -2.35. The van der Waals surface area contributed by atoms with Crippen LogP contribution in [0.3, 0.4) is 0 Å². The first-order chi connectivity index (χ1) is 16.7. The van der Waals surface area contributed by atoms with E-state index in [0.717, 1.165) is 33.1 Å². The normalized spacial score (nSPS) is 13.7. The molecule has 1 saturated heterocycles. The number of anilines is 2. The Morgan fingerprint density at radius 3 is 2.44 bits per heavy atom. The average molecular weight is 472 g/mol. The van der Waals surface area contributed by atoms with Gasteiger partial charge in [0.15, 0.2) is 11.6 Å². The van der Waals surface area contributed by atoms with Gasteiger partial charge in [0.1, 0.15) is 0 Å².